The number of thiazole rings is 1. The SMILES string of the molecule is CCN1CCN(c2nc3ccc(F)cc3s2)CC1.Cl. The normalized spacial score (nSPS) is 16.6. The smallest absolute Gasteiger partial charge is 0.186 e. The van der Waals surface area contributed by atoms with Gasteiger partial charge in [0, 0.05) is 26.2 Å². The molecule has 0 radical (unpaired) electrons. The highest BCUT2D eigenvalue weighted by Crippen LogP contribution is 2.29. The summed E-state index contributed by atoms with van der Waals surface area (Å²) in [7, 11) is 0. The van der Waals surface area contributed by atoms with Crippen LogP contribution in [0.4, 0.5) is 9.52 Å². The summed E-state index contributed by atoms with van der Waals surface area (Å²) in [5.41, 5.74) is 0.898. The van der Waals surface area contributed by atoms with Crippen LogP contribution >= 0.6 is 23.7 Å². The van der Waals surface area contributed by atoms with E-state index in [9.17, 15) is 4.39 Å². The third-order valence-electron chi connectivity index (χ3n) is 3.43. The fourth-order valence-corrected chi connectivity index (χ4v) is 3.32. The van der Waals surface area contributed by atoms with E-state index < -0.39 is 0 Å². The Bertz CT molecular complexity index is 552. The van der Waals surface area contributed by atoms with Crippen LogP contribution in [-0.4, -0.2) is 42.6 Å². The number of anilines is 1. The van der Waals surface area contributed by atoms with E-state index in [1.807, 2.05) is 0 Å². The zero-order chi connectivity index (χ0) is 12.5. The second kappa shape index (κ2) is 6.03. The van der Waals surface area contributed by atoms with Gasteiger partial charge in [-0.25, -0.2) is 9.37 Å². The van der Waals surface area contributed by atoms with E-state index in [2.05, 4.69) is 21.7 Å². The Labute approximate surface area is 122 Å². The molecule has 0 aliphatic carbocycles. The topological polar surface area (TPSA) is 19.4 Å². The largest absolute Gasteiger partial charge is 0.345 e. The van der Waals surface area contributed by atoms with Gasteiger partial charge in [-0.05, 0) is 24.7 Å². The molecule has 0 atom stereocenters. The van der Waals surface area contributed by atoms with Gasteiger partial charge in [0.15, 0.2) is 5.13 Å². The molecule has 0 spiro atoms. The first-order valence-electron chi connectivity index (χ1n) is 6.29. The zero-order valence-corrected chi connectivity index (χ0v) is 12.4. The Morgan fingerprint density at radius 1 is 1.26 bits per heavy atom. The average molecular weight is 302 g/mol. The first-order valence-corrected chi connectivity index (χ1v) is 7.11. The second-order valence-corrected chi connectivity index (χ2v) is 5.54. The first-order chi connectivity index (χ1) is 8.76. The second-order valence-electron chi connectivity index (χ2n) is 4.53. The lowest BCUT2D eigenvalue weighted by Crippen LogP contribution is -2.46. The predicted octanol–water partition coefficient (Wildman–Crippen LogP) is 3.00. The Hall–Kier alpha value is -0.910. The van der Waals surface area contributed by atoms with Crippen LogP contribution in [-0.2, 0) is 0 Å². The van der Waals surface area contributed by atoms with E-state index >= 15 is 0 Å². The molecule has 104 valence electrons. The maximum absolute atomic E-state index is 13.1. The molecule has 3 nitrogen and oxygen atoms in total. The molecule has 1 aliphatic rings. The lowest BCUT2D eigenvalue weighted by Gasteiger charge is -2.33. The molecule has 6 heteroatoms. The van der Waals surface area contributed by atoms with Gasteiger partial charge < -0.3 is 9.80 Å². The monoisotopic (exact) mass is 301 g/mol. The molecule has 0 unspecified atom stereocenters. The summed E-state index contributed by atoms with van der Waals surface area (Å²) in [6, 6.07) is 4.80. The number of hydrogen-bond donors (Lipinski definition) is 0. The standard InChI is InChI=1S/C13H16FN3S.ClH/c1-2-16-5-7-17(8-6-16)13-15-11-4-3-10(14)9-12(11)18-13;/h3-4,9H,2,5-8H2,1H3;1H. The molecule has 0 amide bonds. The lowest BCUT2D eigenvalue weighted by atomic mass is 10.3. The first kappa shape index (κ1) is 14.5. The van der Waals surface area contributed by atoms with Gasteiger partial charge in [-0.3, -0.25) is 0 Å². The number of fused-ring (bicyclic) bond motifs is 1. The van der Waals surface area contributed by atoms with Crippen LogP contribution in [0.1, 0.15) is 6.92 Å². The number of likely N-dealkylation sites (N-methyl/N-ethyl adjacent to an activating group) is 1. The zero-order valence-electron chi connectivity index (χ0n) is 10.8. The number of benzene rings is 1. The van der Waals surface area contributed by atoms with Crippen LogP contribution in [0.15, 0.2) is 18.2 Å². The van der Waals surface area contributed by atoms with Crippen molar-refractivity contribution >= 4 is 39.1 Å². The Morgan fingerprint density at radius 2 is 2.00 bits per heavy atom. The fraction of sp³-hybridized carbons (Fsp3) is 0.462. The third kappa shape index (κ3) is 2.99. The molecule has 1 aromatic heterocycles. The summed E-state index contributed by atoms with van der Waals surface area (Å²) in [5.74, 6) is -0.187. The summed E-state index contributed by atoms with van der Waals surface area (Å²) in [6.07, 6.45) is 0. The number of piperazine rings is 1. The minimum absolute atomic E-state index is 0. The highest BCUT2D eigenvalue weighted by atomic mass is 35.5. The number of halogens is 2. The summed E-state index contributed by atoms with van der Waals surface area (Å²) in [5, 5.41) is 1.02. The molecule has 1 aromatic carbocycles. The summed E-state index contributed by atoms with van der Waals surface area (Å²) in [4.78, 5) is 9.32. The van der Waals surface area contributed by atoms with Crippen molar-refractivity contribution in [1.82, 2.24) is 9.88 Å². The van der Waals surface area contributed by atoms with Crippen LogP contribution in [0.5, 0.6) is 0 Å². The van der Waals surface area contributed by atoms with Crippen LogP contribution in [0.25, 0.3) is 10.2 Å². The van der Waals surface area contributed by atoms with Crippen molar-refractivity contribution in [1.29, 1.82) is 0 Å². The maximum atomic E-state index is 13.1. The molecule has 1 fully saturated rings. The minimum Gasteiger partial charge on any atom is -0.345 e. The Morgan fingerprint density at radius 3 is 2.68 bits per heavy atom. The van der Waals surface area contributed by atoms with Crippen molar-refractivity contribution in [2.75, 3.05) is 37.6 Å². The molecule has 0 N–H and O–H groups in total. The van der Waals surface area contributed by atoms with Crippen molar-refractivity contribution in [2.24, 2.45) is 0 Å². The Kier molecular flexibility index (Phi) is 4.60. The molecule has 0 bridgehead atoms. The van der Waals surface area contributed by atoms with Crippen molar-refractivity contribution in [3.05, 3.63) is 24.0 Å². The van der Waals surface area contributed by atoms with Gasteiger partial charge in [-0.1, -0.05) is 18.3 Å². The molecular formula is C13H17ClFN3S. The van der Waals surface area contributed by atoms with Crippen molar-refractivity contribution < 1.29 is 4.39 Å². The highest BCUT2D eigenvalue weighted by Gasteiger charge is 2.18. The van der Waals surface area contributed by atoms with Crippen molar-refractivity contribution in [3.8, 4) is 0 Å². The minimum atomic E-state index is -0.187. The summed E-state index contributed by atoms with van der Waals surface area (Å²) < 4.78 is 14.1. The molecule has 2 heterocycles. The quantitative estimate of drug-likeness (QED) is 0.850. The van der Waals surface area contributed by atoms with Gasteiger partial charge in [0.2, 0.25) is 0 Å². The molecular weight excluding hydrogens is 285 g/mol. The number of nitrogens with zero attached hydrogens (tertiary/aromatic N) is 3. The number of aromatic nitrogens is 1. The van der Waals surface area contributed by atoms with Crippen molar-refractivity contribution in [3.63, 3.8) is 0 Å². The molecule has 19 heavy (non-hydrogen) atoms. The van der Waals surface area contributed by atoms with Crippen LogP contribution in [0.3, 0.4) is 0 Å². The van der Waals surface area contributed by atoms with E-state index in [-0.39, 0.29) is 18.2 Å². The van der Waals surface area contributed by atoms with Gasteiger partial charge in [0.1, 0.15) is 5.82 Å². The van der Waals surface area contributed by atoms with Crippen LogP contribution < -0.4 is 4.90 Å². The third-order valence-corrected chi connectivity index (χ3v) is 4.51. The Balaban J connectivity index is 0.00000133. The maximum Gasteiger partial charge on any atom is 0.186 e. The van der Waals surface area contributed by atoms with E-state index in [1.165, 1.54) is 6.07 Å². The van der Waals surface area contributed by atoms with Gasteiger partial charge in [-0.15, -0.1) is 12.4 Å². The molecule has 3 rings (SSSR count). The van der Waals surface area contributed by atoms with Crippen LogP contribution in [0, 0.1) is 5.82 Å². The van der Waals surface area contributed by atoms with E-state index in [1.54, 1.807) is 23.5 Å². The van der Waals surface area contributed by atoms with E-state index in [4.69, 9.17) is 0 Å². The van der Waals surface area contributed by atoms with Crippen molar-refractivity contribution in [2.45, 2.75) is 6.92 Å². The molecule has 0 saturated carbocycles. The summed E-state index contributed by atoms with van der Waals surface area (Å²) >= 11 is 1.58. The molecule has 1 aliphatic heterocycles. The van der Waals surface area contributed by atoms with E-state index in [0.29, 0.717) is 0 Å². The van der Waals surface area contributed by atoms with Gasteiger partial charge >= 0.3 is 0 Å². The lowest BCUT2D eigenvalue weighted by molar-refractivity contribution is 0.271. The van der Waals surface area contributed by atoms with E-state index in [0.717, 1.165) is 48.1 Å². The highest BCUT2D eigenvalue weighted by molar-refractivity contribution is 7.22. The number of rotatable bonds is 2. The predicted molar refractivity (Wildman–Crippen MR) is 81.2 cm³/mol. The average Bonchev–Trinajstić information content (AvgIpc) is 2.81. The number of hydrogen-bond acceptors (Lipinski definition) is 4. The van der Waals surface area contributed by atoms with Gasteiger partial charge in [-0.2, -0.15) is 0 Å². The fourth-order valence-electron chi connectivity index (χ4n) is 2.28. The van der Waals surface area contributed by atoms with Gasteiger partial charge in [0.05, 0.1) is 10.2 Å². The van der Waals surface area contributed by atoms with Gasteiger partial charge in [0.25, 0.3) is 0 Å². The van der Waals surface area contributed by atoms with Crippen LogP contribution in [0.2, 0.25) is 0 Å². The molecule has 2 aromatic rings. The summed E-state index contributed by atoms with van der Waals surface area (Å²) in [6.45, 7) is 7.49. The molecule has 1 saturated heterocycles.